The number of aliphatic hydroxyl groups excluding tert-OH is 1. The van der Waals surface area contributed by atoms with E-state index in [4.69, 9.17) is 4.74 Å². The van der Waals surface area contributed by atoms with Crippen LogP contribution >= 0.6 is 0 Å². The Morgan fingerprint density at radius 1 is 1.17 bits per heavy atom. The molecular formula is C15H26N4O4. The van der Waals surface area contributed by atoms with Crippen molar-refractivity contribution in [1.29, 1.82) is 0 Å². The molecule has 0 aromatic heterocycles. The van der Waals surface area contributed by atoms with Crippen LogP contribution in [0.15, 0.2) is 9.59 Å². The van der Waals surface area contributed by atoms with Gasteiger partial charge in [-0.15, -0.1) is 0 Å². The Morgan fingerprint density at radius 2 is 1.78 bits per heavy atom. The number of β-amino-alcohol motifs (C(OH)–C–C–N with tert-alkyl or cyclic N) is 1. The molecule has 0 spiro atoms. The van der Waals surface area contributed by atoms with E-state index in [0.717, 1.165) is 19.6 Å². The topological polar surface area (TPSA) is 94.1 Å². The van der Waals surface area contributed by atoms with Gasteiger partial charge in [0, 0.05) is 39.3 Å². The third-order valence-corrected chi connectivity index (χ3v) is 3.86. The molecule has 8 nitrogen and oxygen atoms in total. The average molecular weight is 326 g/mol. The van der Waals surface area contributed by atoms with Gasteiger partial charge in [-0.1, -0.05) is 0 Å². The minimum Gasteiger partial charge on any atom is -0.390 e. The fraction of sp³-hybridized carbons (Fsp3) is 0.733. The molecule has 1 fully saturated rings. The van der Waals surface area contributed by atoms with Gasteiger partial charge in [0.2, 0.25) is 0 Å². The van der Waals surface area contributed by atoms with Gasteiger partial charge in [-0.25, -0.2) is 0 Å². The second-order valence-electron chi connectivity index (χ2n) is 6.09. The normalized spacial score (nSPS) is 17.6. The first-order valence-corrected chi connectivity index (χ1v) is 7.93. The van der Waals surface area contributed by atoms with Gasteiger partial charge >= 0.3 is 0 Å². The van der Waals surface area contributed by atoms with Crippen LogP contribution < -0.4 is 21.5 Å². The molecule has 1 aliphatic rings. The van der Waals surface area contributed by atoms with Crippen molar-refractivity contribution in [1.82, 2.24) is 9.80 Å². The van der Waals surface area contributed by atoms with Crippen molar-refractivity contribution in [3.05, 3.63) is 20.4 Å². The van der Waals surface area contributed by atoms with Gasteiger partial charge in [0.05, 0.1) is 19.3 Å². The monoisotopic (exact) mass is 326 g/mol. The molecule has 8 heteroatoms. The lowest BCUT2D eigenvalue weighted by Gasteiger charge is -2.28. The second-order valence-corrected chi connectivity index (χ2v) is 6.09. The third-order valence-electron chi connectivity index (χ3n) is 3.86. The van der Waals surface area contributed by atoms with E-state index in [1.54, 1.807) is 0 Å². The number of hydrogen-bond acceptors (Lipinski definition) is 8. The highest BCUT2D eigenvalue weighted by Gasteiger charge is 2.22. The first kappa shape index (κ1) is 17.9. The summed E-state index contributed by atoms with van der Waals surface area (Å²) in [6, 6.07) is 0. The van der Waals surface area contributed by atoms with Gasteiger partial charge in [0.1, 0.15) is 11.4 Å². The SMILES string of the molecule is CN(C)CCNc1c(NC[C@H](O)CN2CCOCC2)c(=O)c1=O. The van der Waals surface area contributed by atoms with Crippen LogP contribution in [0.5, 0.6) is 0 Å². The number of hydrogen-bond donors (Lipinski definition) is 3. The van der Waals surface area contributed by atoms with Gasteiger partial charge in [0.15, 0.2) is 0 Å². The predicted octanol–water partition coefficient (Wildman–Crippen LogP) is -1.64. The molecule has 1 heterocycles. The molecule has 0 radical (unpaired) electrons. The minimum atomic E-state index is -0.605. The number of rotatable bonds is 9. The van der Waals surface area contributed by atoms with E-state index in [1.807, 2.05) is 19.0 Å². The number of likely N-dealkylation sites (N-methyl/N-ethyl adjacent to an activating group) is 1. The Kier molecular flexibility index (Phi) is 6.52. The number of anilines is 2. The second kappa shape index (κ2) is 8.39. The van der Waals surface area contributed by atoms with Crippen molar-refractivity contribution in [3.8, 4) is 0 Å². The number of morpholine rings is 1. The van der Waals surface area contributed by atoms with Gasteiger partial charge in [0.25, 0.3) is 10.9 Å². The Labute approximate surface area is 135 Å². The Morgan fingerprint density at radius 3 is 2.39 bits per heavy atom. The van der Waals surface area contributed by atoms with Crippen LogP contribution in [-0.4, -0.2) is 87.6 Å². The van der Waals surface area contributed by atoms with E-state index in [9.17, 15) is 14.7 Å². The molecule has 2 rings (SSSR count). The van der Waals surface area contributed by atoms with Crippen LogP contribution in [0.25, 0.3) is 0 Å². The molecule has 23 heavy (non-hydrogen) atoms. The lowest BCUT2D eigenvalue weighted by atomic mass is 10.1. The Bertz CT molecular complexity index is 562. The van der Waals surface area contributed by atoms with E-state index in [2.05, 4.69) is 15.5 Å². The van der Waals surface area contributed by atoms with Crippen LogP contribution in [0.1, 0.15) is 0 Å². The summed E-state index contributed by atoms with van der Waals surface area (Å²) in [7, 11) is 3.87. The smallest absolute Gasteiger partial charge is 0.253 e. The van der Waals surface area contributed by atoms with Crippen molar-refractivity contribution in [2.24, 2.45) is 0 Å². The van der Waals surface area contributed by atoms with Crippen LogP contribution in [0.3, 0.4) is 0 Å². The summed E-state index contributed by atoms with van der Waals surface area (Å²) < 4.78 is 5.26. The molecule has 0 unspecified atom stereocenters. The standard InChI is InChI=1S/C15H26N4O4/c1-18(2)4-3-16-12-13(15(22)14(12)21)17-9-11(20)10-19-5-7-23-8-6-19/h11,16-17,20H,3-10H2,1-2H3/t11-/m0/s1. The van der Waals surface area contributed by atoms with E-state index in [-0.39, 0.29) is 12.2 Å². The van der Waals surface area contributed by atoms with E-state index >= 15 is 0 Å². The molecule has 3 N–H and O–H groups in total. The van der Waals surface area contributed by atoms with Crippen molar-refractivity contribution in [2.45, 2.75) is 6.10 Å². The summed E-state index contributed by atoms with van der Waals surface area (Å²) in [6.07, 6.45) is -0.605. The fourth-order valence-corrected chi connectivity index (χ4v) is 2.50. The van der Waals surface area contributed by atoms with Crippen molar-refractivity contribution >= 4 is 11.4 Å². The molecule has 1 aromatic carbocycles. The zero-order chi connectivity index (χ0) is 16.8. The fourth-order valence-electron chi connectivity index (χ4n) is 2.50. The number of aliphatic hydroxyl groups is 1. The summed E-state index contributed by atoms with van der Waals surface area (Å²) in [6.45, 7) is 5.07. The molecule has 1 atom stereocenters. The van der Waals surface area contributed by atoms with Gasteiger partial charge in [-0.2, -0.15) is 0 Å². The molecular weight excluding hydrogens is 300 g/mol. The maximum Gasteiger partial charge on any atom is 0.253 e. The highest BCUT2D eigenvalue weighted by molar-refractivity contribution is 5.73. The van der Waals surface area contributed by atoms with Gasteiger partial charge in [-0.05, 0) is 14.1 Å². The quantitative estimate of drug-likeness (QED) is 0.465. The Hall–Kier alpha value is -1.48. The summed E-state index contributed by atoms with van der Waals surface area (Å²) in [5.41, 5.74) is -0.393. The first-order valence-electron chi connectivity index (χ1n) is 7.93. The van der Waals surface area contributed by atoms with E-state index in [1.165, 1.54) is 0 Å². The first-order chi connectivity index (χ1) is 11.0. The van der Waals surface area contributed by atoms with Crippen molar-refractivity contribution in [2.75, 3.05) is 77.2 Å². The summed E-state index contributed by atoms with van der Waals surface area (Å²) in [4.78, 5) is 27.3. The minimum absolute atomic E-state index is 0.241. The molecule has 130 valence electrons. The molecule has 1 aromatic rings. The zero-order valence-electron chi connectivity index (χ0n) is 13.8. The molecule has 0 saturated carbocycles. The van der Waals surface area contributed by atoms with Crippen molar-refractivity contribution < 1.29 is 9.84 Å². The summed E-state index contributed by atoms with van der Waals surface area (Å²) in [5.74, 6) is 0. The number of nitrogens with zero attached hydrogens (tertiary/aromatic N) is 2. The van der Waals surface area contributed by atoms with Crippen LogP contribution in [0.2, 0.25) is 0 Å². The van der Waals surface area contributed by atoms with Crippen LogP contribution in [0, 0.1) is 0 Å². The lowest BCUT2D eigenvalue weighted by molar-refractivity contribution is 0.0171. The highest BCUT2D eigenvalue weighted by atomic mass is 16.5. The largest absolute Gasteiger partial charge is 0.390 e. The molecule has 0 amide bonds. The Balaban J connectivity index is 1.79. The molecule has 1 aliphatic heterocycles. The van der Waals surface area contributed by atoms with E-state index < -0.39 is 17.0 Å². The molecule has 0 bridgehead atoms. The van der Waals surface area contributed by atoms with Gasteiger partial charge in [-0.3, -0.25) is 14.5 Å². The van der Waals surface area contributed by atoms with Gasteiger partial charge < -0.3 is 25.4 Å². The number of nitrogens with one attached hydrogen (secondary N) is 2. The maximum absolute atomic E-state index is 11.6. The number of ether oxygens (including phenoxy) is 1. The van der Waals surface area contributed by atoms with Crippen molar-refractivity contribution in [3.63, 3.8) is 0 Å². The zero-order valence-corrected chi connectivity index (χ0v) is 13.8. The summed E-state index contributed by atoms with van der Waals surface area (Å²) >= 11 is 0. The molecule has 0 aliphatic carbocycles. The lowest BCUT2D eigenvalue weighted by Crippen LogP contribution is -2.44. The van der Waals surface area contributed by atoms with Crippen LogP contribution in [-0.2, 0) is 4.74 Å². The van der Waals surface area contributed by atoms with Crippen LogP contribution in [0.4, 0.5) is 11.4 Å². The average Bonchev–Trinajstić information content (AvgIpc) is 2.53. The predicted molar refractivity (Wildman–Crippen MR) is 90.2 cm³/mol. The molecule has 1 saturated heterocycles. The highest BCUT2D eigenvalue weighted by Crippen LogP contribution is 2.14. The summed E-state index contributed by atoms with van der Waals surface area (Å²) in [5, 5.41) is 16.0. The third kappa shape index (κ3) is 5.00. The maximum atomic E-state index is 11.6. The van der Waals surface area contributed by atoms with E-state index in [0.29, 0.717) is 32.0 Å².